The molecule has 1 unspecified atom stereocenters. The van der Waals surface area contributed by atoms with Crippen molar-refractivity contribution in [2.45, 2.75) is 25.5 Å². The summed E-state index contributed by atoms with van der Waals surface area (Å²) < 4.78 is 6.98. The van der Waals surface area contributed by atoms with Crippen molar-refractivity contribution < 1.29 is 9.53 Å². The van der Waals surface area contributed by atoms with E-state index in [1.54, 1.807) is 39.4 Å². The fourth-order valence-corrected chi connectivity index (χ4v) is 2.96. The predicted molar refractivity (Wildman–Crippen MR) is 94.5 cm³/mol. The van der Waals surface area contributed by atoms with Gasteiger partial charge in [0.25, 0.3) is 0 Å². The highest BCUT2D eigenvalue weighted by Gasteiger charge is 2.35. The van der Waals surface area contributed by atoms with Crippen LogP contribution in [0.5, 0.6) is 0 Å². The maximum absolute atomic E-state index is 12.6. The Labute approximate surface area is 150 Å². The summed E-state index contributed by atoms with van der Waals surface area (Å²) >= 11 is 5.88. The molecule has 1 atom stereocenters. The summed E-state index contributed by atoms with van der Waals surface area (Å²) in [6.45, 7) is 3.60. The van der Waals surface area contributed by atoms with Crippen molar-refractivity contribution in [3.8, 4) is 0 Å². The average molecular weight is 360 g/mol. The Bertz CT molecular complexity index is 909. The summed E-state index contributed by atoms with van der Waals surface area (Å²) in [7, 11) is 1.76. The molecule has 0 spiro atoms. The van der Waals surface area contributed by atoms with Crippen molar-refractivity contribution in [1.29, 1.82) is 0 Å². The van der Waals surface area contributed by atoms with Crippen LogP contribution >= 0.6 is 11.6 Å². The Morgan fingerprint density at radius 3 is 2.80 bits per heavy atom. The number of benzene rings is 1. The van der Waals surface area contributed by atoms with Crippen molar-refractivity contribution in [3.63, 3.8) is 0 Å². The third kappa shape index (κ3) is 3.47. The Hall–Kier alpha value is -2.51. The van der Waals surface area contributed by atoms with Crippen molar-refractivity contribution in [2.24, 2.45) is 0 Å². The first-order valence-electron chi connectivity index (χ1n) is 7.74. The van der Waals surface area contributed by atoms with Crippen LogP contribution in [0.3, 0.4) is 0 Å². The number of hydrogen-bond donors (Lipinski definition) is 1. The molecule has 0 bridgehead atoms. The molecule has 0 aliphatic heterocycles. The zero-order valence-electron chi connectivity index (χ0n) is 14.1. The number of likely N-dealkylation sites (N-methyl/N-ethyl adjacent to an activating group) is 1. The van der Waals surface area contributed by atoms with Crippen LogP contribution in [0.25, 0.3) is 10.9 Å². The summed E-state index contributed by atoms with van der Waals surface area (Å²) in [5.41, 5.74) is 0.413. The number of ether oxygens (including phenoxy) is 1. The third-order valence-electron chi connectivity index (χ3n) is 3.93. The lowest BCUT2D eigenvalue weighted by atomic mass is 9.95. The first-order valence-corrected chi connectivity index (χ1v) is 8.12. The van der Waals surface area contributed by atoms with Gasteiger partial charge >= 0.3 is 6.09 Å². The van der Waals surface area contributed by atoms with Crippen LogP contribution in [0.1, 0.15) is 25.6 Å². The summed E-state index contributed by atoms with van der Waals surface area (Å²) in [6.07, 6.45) is 2.63. The molecule has 0 aliphatic rings. The van der Waals surface area contributed by atoms with Gasteiger partial charge in [0, 0.05) is 11.6 Å². The van der Waals surface area contributed by atoms with Gasteiger partial charge in [-0.05, 0) is 44.6 Å². The van der Waals surface area contributed by atoms with Crippen molar-refractivity contribution >= 4 is 28.6 Å². The van der Waals surface area contributed by atoms with Crippen LogP contribution in [0.2, 0.25) is 5.28 Å². The highest BCUT2D eigenvalue weighted by molar-refractivity contribution is 6.28. The summed E-state index contributed by atoms with van der Waals surface area (Å²) in [5, 5.41) is 8.25. The Morgan fingerprint density at radius 2 is 2.08 bits per heavy atom. The first-order chi connectivity index (χ1) is 11.9. The number of rotatable bonds is 4. The first kappa shape index (κ1) is 17.3. The normalized spacial score (nSPS) is 13.0. The minimum atomic E-state index is -0.906. The number of nitrogens with zero attached hydrogens (tertiary/aromatic N) is 4. The van der Waals surface area contributed by atoms with Crippen LogP contribution in [-0.2, 0) is 4.74 Å². The standard InChI is InChI=1S/C17H18ClN5O2/c1-17(2,14(19-3)12-8-9-20-15(18)22-12)25-16(24)23-13-7-5-4-6-11(13)10-21-23/h4-10,14,19H,1-3H3. The number of nitrogens with one attached hydrogen (secondary N) is 1. The van der Waals surface area contributed by atoms with Gasteiger partial charge in [0.2, 0.25) is 5.28 Å². The minimum absolute atomic E-state index is 0.137. The number of fused-ring (bicyclic) bond motifs is 1. The molecule has 0 amide bonds. The second kappa shape index (κ2) is 6.78. The maximum atomic E-state index is 12.6. The van der Waals surface area contributed by atoms with Gasteiger partial charge in [-0.25, -0.2) is 14.8 Å². The Morgan fingerprint density at radius 1 is 1.32 bits per heavy atom. The predicted octanol–water partition coefficient (Wildman–Crippen LogP) is 3.20. The molecule has 2 aromatic heterocycles. The van der Waals surface area contributed by atoms with Crippen molar-refractivity contribution in [1.82, 2.24) is 25.1 Å². The second-order valence-electron chi connectivity index (χ2n) is 6.06. The molecule has 2 heterocycles. The van der Waals surface area contributed by atoms with Gasteiger partial charge < -0.3 is 10.1 Å². The number of aromatic nitrogens is 4. The molecular weight excluding hydrogens is 342 g/mol. The van der Waals surface area contributed by atoms with E-state index in [4.69, 9.17) is 16.3 Å². The van der Waals surface area contributed by atoms with Gasteiger partial charge in [-0.1, -0.05) is 18.2 Å². The molecule has 3 rings (SSSR count). The third-order valence-corrected chi connectivity index (χ3v) is 4.11. The van der Waals surface area contributed by atoms with Crippen LogP contribution in [0.4, 0.5) is 4.79 Å². The highest BCUT2D eigenvalue weighted by atomic mass is 35.5. The largest absolute Gasteiger partial charge is 0.440 e. The van der Waals surface area contributed by atoms with E-state index in [1.807, 2.05) is 24.3 Å². The average Bonchev–Trinajstić information content (AvgIpc) is 2.99. The molecule has 25 heavy (non-hydrogen) atoms. The van der Waals surface area contributed by atoms with Gasteiger partial charge in [0.15, 0.2) is 0 Å². The summed E-state index contributed by atoms with van der Waals surface area (Å²) in [6, 6.07) is 8.79. The van der Waals surface area contributed by atoms with E-state index in [9.17, 15) is 4.79 Å². The number of hydrogen-bond acceptors (Lipinski definition) is 6. The molecular formula is C17H18ClN5O2. The lowest BCUT2D eigenvalue weighted by molar-refractivity contribution is 0.00963. The van der Waals surface area contributed by atoms with E-state index in [-0.39, 0.29) is 11.3 Å². The van der Waals surface area contributed by atoms with Gasteiger partial charge in [0.1, 0.15) is 5.60 Å². The highest BCUT2D eigenvalue weighted by Crippen LogP contribution is 2.28. The van der Waals surface area contributed by atoms with Crippen molar-refractivity contribution in [3.05, 3.63) is 53.7 Å². The smallest absolute Gasteiger partial charge is 0.435 e. The number of para-hydroxylation sites is 1. The lowest BCUT2D eigenvalue weighted by Gasteiger charge is -2.33. The van der Waals surface area contributed by atoms with Crippen LogP contribution < -0.4 is 5.32 Å². The van der Waals surface area contributed by atoms with Crippen molar-refractivity contribution in [2.75, 3.05) is 7.05 Å². The molecule has 3 aromatic rings. The van der Waals surface area contributed by atoms with E-state index in [2.05, 4.69) is 20.4 Å². The molecule has 0 fully saturated rings. The SMILES string of the molecule is CNC(c1ccnc(Cl)n1)C(C)(C)OC(=O)n1ncc2ccccc21. The molecule has 8 heteroatoms. The summed E-state index contributed by atoms with van der Waals surface area (Å²) in [4.78, 5) is 20.7. The molecule has 130 valence electrons. The quantitative estimate of drug-likeness (QED) is 0.720. The Kier molecular flexibility index (Phi) is 4.69. The maximum Gasteiger partial charge on any atom is 0.435 e. The molecule has 7 nitrogen and oxygen atoms in total. The van der Waals surface area contributed by atoms with E-state index in [1.165, 1.54) is 4.68 Å². The van der Waals surface area contributed by atoms with Crippen LogP contribution in [0, 0.1) is 0 Å². The fourth-order valence-electron chi connectivity index (χ4n) is 2.80. The molecule has 0 saturated heterocycles. The number of halogens is 1. The lowest BCUT2D eigenvalue weighted by Crippen LogP contribution is -2.43. The van der Waals surface area contributed by atoms with Gasteiger partial charge in [-0.15, -0.1) is 0 Å². The number of carbonyl (C=O) groups is 1. The van der Waals surface area contributed by atoms with Gasteiger partial charge in [-0.2, -0.15) is 9.78 Å². The molecule has 0 aliphatic carbocycles. The molecule has 0 saturated carbocycles. The number of carbonyl (C=O) groups excluding carboxylic acids is 1. The minimum Gasteiger partial charge on any atom is -0.440 e. The van der Waals surface area contributed by atoms with Crippen LogP contribution in [0.15, 0.2) is 42.7 Å². The van der Waals surface area contributed by atoms with Crippen LogP contribution in [-0.4, -0.2) is 38.5 Å². The zero-order chi connectivity index (χ0) is 18.0. The molecule has 0 radical (unpaired) electrons. The van der Waals surface area contributed by atoms with E-state index < -0.39 is 11.7 Å². The Balaban J connectivity index is 1.87. The second-order valence-corrected chi connectivity index (χ2v) is 6.40. The molecule has 1 aromatic carbocycles. The summed E-state index contributed by atoms with van der Waals surface area (Å²) in [5.74, 6) is 0. The van der Waals surface area contributed by atoms with Gasteiger partial charge in [0.05, 0.1) is 23.4 Å². The van der Waals surface area contributed by atoms with Gasteiger partial charge in [-0.3, -0.25) is 0 Å². The van der Waals surface area contributed by atoms with E-state index in [0.717, 1.165) is 5.39 Å². The molecule has 1 N–H and O–H groups in total. The monoisotopic (exact) mass is 359 g/mol. The topological polar surface area (TPSA) is 81.9 Å². The zero-order valence-corrected chi connectivity index (χ0v) is 14.9. The van der Waals surface area contributed by atoms with E-state index >= 15 is 0 Å². The van der Waals surface area contributed by atoms with E-state index in [0.29, 0.717) is 11.2 Å². The fraction of sp³-hybridized carbons (Fsp3) is 0.294.